The number of ether oxygens (including phenoxy) is 1. The maximum absolute atomic E-state index is 13.1. The monoisotopic (exact) mass is 462 g/mol. The van der Waals surface area contributed by atoms with Crippen molar-refractivity contribution in [2.45, 2.75) is 52.4 Å². The van der Waals surface area contributed by atoms with Crippen molar-refractivity contribution < 1.29 is 9.53 Å². The van der Waals surface area contributed by atoms with Crippen LogP contribution in [0.4, 0.5) is 5.82 Å². The summed E-state index contributed by atoms with van der Waals surface area (Å²) >= 11 is 6.34. The first-order valence-electron chi connectivity index (χ1n) is 11.1. The lowest BCUT2D eigenvalue weighted by atomic mass is 9.92. The summed E-state index contributed by atoms with van der Waals surface area (Å²) in [5.41, 5.74) is 2.87. The smallest absolute Gasteiger partial charge is 0.276 e. The molecule has 2 atom stereocenters. The van der Waals surface area contributed by atoms with Crippen molar-refractivity contribution in [3.05, 3.63) is 76.2 Å². The minimum absolute atomic E-state index is 0.192. The first-order chi connectivity index (χ1) is 15.9. The summed E-state index contributed by atoms with van der Waals surface area (Å²) in [5.74, 6) is 6.74. The number of carbonyl (C=O) groups is 1. The van der Waals surface area contributed by atoms with Crippen LogP contribution in [0.3, 0.4) is 0 Å². The second-order valence-corrected chi connectivity index (χ2v) is 8.98. The van der Waals surface area contributed by atoms with Crippen LogP contribution in [-0.2, 0) is 11.3 Å². The van der Waals surface area contributed by atoms with Gasteiger partial charge in [-0.25, -0.2) is 4.98 Å². The molecular formula is C26H27ClN4O2. The topological polar surface area (TPSA) is 69.0 Å². The number of anilines is 1. The van der Waals surface area contributed by atoms with Gasteiger partial charge in [-0.1, -0.05) is 41.6 Å². The van der Waals surface area contributed by atoms with Gasteiger partial charge in [-0.15, -0.1) is 0 Å². The number of aromatic nitrogens is 3. The molecule has 7 heteroatoms. The fourth-order valence-electron chi connectivity index (χ4n) is 4.27. The molecule has 6 nitrogen and oxygen atoms in total. The highest BCUT2D eigenvalue weighted by Gasteiger charge is 2.27. The van der Waals surface area contributed by atoms with Crippen LogP contribution in [0.5, 0.6) is 0 Å². The average Bonchev–Trinajstić information content (AvgIpc) is 3.14. The first-order valence-corrected chi connectivity index (χ1v) is 11.5. The number of rotatable bonds is 4. The van der Waals surface area contributed by atoms with Gasteiger partial charge in [0.15, 0.2) is 0 Å². The number of nitrogens with one attached hydrogen (secondary N) is 1. The predicted molar refractivity (Wildman–Crippen MR) is 129 cm³/mol. The second-order valence-electron chi connectivity index (χ2n) is 8.58. The van der Waals surface area contributed by atoms with Gasteiger partial charge >= 0.3 is 0 Å². The van der Waals surface area contributed by atoms with Crippen LogP contribution in [0.2, 0.25) is 5.02 Å². The maximum atomic E-state index is 13.1. The van der Waals surface area contributed by atoms with Gasteiger partial charge in [0.05, 0.1) is 23.4 Å². The zero-order chi connectivity index (χ0) is 23.4. The number of hydrogen-bond donors (Lipinski definition) is 1. The molecule has 4 rings (SSSR count). The third-order valence-electron chi connectivity index (χ3n) is 5.67. The van der Waals surface area contributed by atoms with Crippen molar-refractivity contribution in [1.82, 2.24) is 14.8 Å². The lowest BCUT2D eigenvalue weighted by Crippen LogP contribution is -2.32. The Morgan fingerprint density at radius 1 is 1.15 bits per heavy atom. The van der Waals surface area contributed by atoms with Crippen LogP contribution >= 0.6 is 11.6 Å². The van der Waals surface area contributed by atoms with Gasteiger partial charge in [0.25, 0.3) is 5.91 Å². The summed E-state index contributed by atoms with van der Waals surface area (Å²) in [6.07, 6.45) is 5.41. The highest BCUT2D eigenvalue weighted by molar-refractivity contribution is 6.34. The van der Waals surface area contributed by atoms with Gasteiger partial charge in [0, 0.05) is 23.9 Å². The van der Waals surface area contributed by atoms with Crippen LogP contribution < -0.4 is 5.32 Å². The Morgan fingerprint density at radius 2 is 1.85 bits per heavy atom. The number of hydrogen-bond acceptors (Lipinski definition) is 4. The van der Waals surface area contributed by atoms with Gasteiger partial charge in [0.2, 0.25) is 0 Å². The van der Waals surface area contributed by atoms with Crippen molar-refractivity contribution in [1.29, 1.82) is 0 Å². The molecule has 1 amide bonds. The molecule has 0 bridgehead atoms. The Bertz CT molecular complexity index is 1190. The van der Waals surface area contributed by atoms with E-state index < -0.39 is 0 Å². The lowest BCUT2D eigenvalue weighted by molar-refractivity contribution is -0.0554. The molecule has 1 fully saturated rings. The molecule has 2 unspecified atom stereocenters. The predicted octanol–water partition coefficient (Wildman–Crippen LogP) is 5.10. The molecule has 0 spiro atoms. The number of amides is 1. The van der Waals surface area contributed by atoms with E-state index in [0.29, 0.717) is 29.0 Å². The summed E-state index contributed by atoms with van der Waals surface area (Å²) in [7, 11) is 0. The van der Waals surface area contributed by atoms with E-state index in [4.69, 9.17) is 16.3 Å². The van der Waals surface area contributed by atoms with Crippen molar-refractivity contribution in [2.75, 3.05) is 5.32 Å². The fraction of sp³-hybridized carbons (Fsp3) is 0.346. The molecule has 3 heterocycles. The number of aryl methyl sites for hydroxylation is 1. The molecule has 1 N–H and O–H groups in total. The van der Waals surface area contributed by atoms with E-state index in [1.807, 2.05) is 43.3 Å². The number of halogens is 1. The van der Waals surface area contributed by atoms with Crippen LogP contribution in [0.25, 0.3) is 0 Å². The summed E-state index contributed by atoms with van der Waals surface area (Å²) in [5, 5.41) is 7.56. The maximum Gasteiger partial charge on any atom is 0.276 e. The minimum Gasteiger partial charge on any atom is -0.376 e. The molecule has 2 aromatic heterocycles. The standard InChI is InChI=1S/C26H27ClN4O2/c1-17-11-21(10-9-20-7-5-4-6-8-20)14-28-25(17)30-26(32)24-23(27)15-29-31(24)16-22-12-18(2)33-19(3)13-22/h4-8,11,14-15,18-19,22H,12-13,16H2,1-3H3,(H,28,30,32). The van der Waals surface area contributed by atoms with Crippen molar-refractivity contribution >= 4 is 23.3 Å². The molecule has 1 aliphatic rings. The molecule has 0 aliphatic carbocycles. The van der Waals surface area contributed by atoms with E-state index in [1.54, 1.807) is 10.9 Å². The van der Waals surface area contributed by atoms with E-state index in [0.717, 1.165) is 29.5 Å². The molecule has 1 saturated heterocycles. The molecule has 0 saturated carbocycles. The molecular weight excluding hydrogens is 436 g/mol. The van der Waals surface area contributed by atoms with Crippen LogP contribution in [0, 0.1) is 24.7 Å². The Labute approximate surface area is 199 Å². The zero-order valence-electron chi connectivity index (χ0n) is 19.0. The highest BCUT2D eigenvalue weighted by atomic mass is 35.5. The Morgan fingerprint density at radius 3 is 2.55 bits per heavy atom. The molecule has 1 aliphatic heterocycles. The number of nitrogens with zero attached hydrogens (tertiary/aromatic N) is 3. The molecule has 33 heavy (non-hydrogen) atoms. The van der Waals surface area contributed by atoms with E-state index >= 15 is 0 Å². The van der Waals surface area contributed by atoms with Gasteiger partial charge < -0.3 is 10.1 Å². The number of carbonyl (C=O) groups excluding carboxylic acids is 1. The third kappa shape index (κ3) is 5.81. The number of benzene rings is 1. The zero-order valence-corrected chi connectivity index (χ0v) is 19.8. The van der Waals surface area contributed by atoms with E-state index in [9.17, 15) is 4.79 Å². The van der Waals surface area contributed by atoms with Crippen LogP contribution in [0.1, 0.15) is 53.9 Å². The normalized spacial score (nSPS) is 20.1. The van der Waals surface area contributed by atoms with Gasteiger partial charge in [0.1, 0.15) is 11.5 Å². The second kappa shape index (κ2) is 10.2. The molecule has 170 valence electrons. The lowest BCUT2D eigenvalue weighted by Gasteiger charge is -2.32. The van der Waals surface area contributed by atoms with Crippen molar-refractivity contribution in [2.24, 2.45) is 5.92 Å². The summed E-state index contributed by atoms with van der Waals surface area (Å²) < 4.78 is 7.52. The minimum atomic E-state index is -0.329. The van der Waals surface area contributed by atoms with Gasteiger partial charge in [-0.3, -0.25) is 9.48 Å². The van der Waals surface area contributed by atoms with E-state index in [1.165, 1.54) is 6.20 Å². The Kier molecular flexibility index (Phi) is 7.12. The fourth-order valence-corrected chi connectivity index (χ4v) is 4.50. The Hall–Kier alpha value is -3.14. The van der Waals surface area contributed by atoms with E-state index in [-0.39, 0.29) is 18.1 Å². The van der Waals surface area contributed by atoms with E-state index in [2.05, 4.69) is 41.1 Å². The van der Waals surface area contributed by atoms with Crippen molar-refractivity contribution in [3.63, 3.8) is 0 Å². The van der Waals surface area contributed by atoms with Crippen molar-refractivity contribution in [3.8, 4) is 11.8 Å². The van der Waals surface area contributed by atoms with Crippen LogP contribution in [0.15, 0.2) is 48.8 Å². The van der Waals surface area contributed by atoms with Gasteiger partial charge in [-0.05, 0) is 63.3 Å². The highest BCUT2D eigenvalue weighted by Crippen LogP contribution is 2.27. The molecule has 1 aromatic carbocycles. The summed E-state index contributed by atoms with van der Waals surface area (Å²) in [6.45, 7) is 6.66. The molecule has 3 aromatic rings. The summed E-state index contributed by atoms with van der Waals surface area (Å²) in [6, 6.07) is 11.7. The van der Waals surface area contributed by atoms with Crippen LogP contribution in [-0.4, -0.2) is 32.9 Å². The van der Waals surface area contributed by atoms with Gasteiger partial charge in [-0.2, -0.15) is 5.10 Å². The average molecular weight is 463 g/mol. The summed E-state index contributed by atoms with van der Waals surface area (Å²) in [4.78, 5) is 17.5. The Balaban J connectivity index is 1.47. The SMILES string of the molecule is Cc1cc(C#Cc2ccccc2)cnc1NC(=O)c1c(Cl)cnn1CC1CC(C)OC(C)C1. The quantitative estimate of drug-likeness (QED) is 0.548. The first kappa shape index (κ1) is 23.0. The largest absolute Gasteiger partial charge is 0.376 e. The molecule has 0 radical (unpaired) electrons. The third-order valence-corrected chi connectivity index (χ3v) is 5.95. The number of pyridine rings is 1.